The van der Waals surface area contributed by atoms with E-state index in [0.717, 1.165) is 51.0 Å². The molecule has 0 saturated carbocycles. The quantitative estimate of drug-likeness (QED) is 0.849. The summed E-state index contributed by atoms with van der Waals surface area (Å²) in [6, 6.07) is 8.11. The third-order valence-corrected chi connectivity index (χ3v) is 4.54. The number of anilines is 1. The number of benzene rings is 1. The molecule has 1 aromatic carbocycles. The average Bonchev–Trinajstić information content (AvgIpc) is 2.53. The van der Waals surface area contributed by atoms with Gasteiger partial charge in [0, 0.05) is 31.2 Å². The molecule has 0 bridgehead atoms. The van der Waals surface area contributed by atoms with Gasteiger partial charge in [0.05, 0.1) is 6.10 Å². The molecule has 22 heavy (non-hydrogen) atoms. The van der Waals surface area contributed by atoms with Crippen LogP contribution in [-0.4, -0.2) is 35.1 Å². The Hall–Kier alpha value is -1.39. The Morgan fingerprint density at radius 3 is 2.36 bits per heavy atom. The minimum Gasteiger partial charge on any atom is -0.393 e. The maximum absolute atomic E-state index is 12.1. The lowest BCUT2D eigenvalue weighted by molar-refractivity contribution is -0.120. The fourth-order valence-electron chi connectivity index (χ4n) is 2.93. The van der Waals surface area contributed by atoms with Crippen molar-refractivity contribution in [3.05, 3.63) is 29.8 Å². The Morgan fingerprint density at radius 2 is 1.82 bits per heavy atom. The number of aliphatic hydroxyl groups is 1. The highest BCUT2D eigenvalue weighted by Gasteiger charge is 2.17. The van der Waals surface area contributed by atoms with Crippen LogP contribution in [-0.2, 0) is 11.3 Å². The summed E-state index contributed by atoms with van der Waals surface area (Å²) in [7, 11) is 0. The van der Waals surface area contributed by atoms with Gasteiger partial charge >= 0.3 is 0 Å². The molecule has 0 spiro atoms. The minimum atomic E-state index is -0.126. The molecule has 2 rings (SSSR count). The summed E-state index contributed by atoms with van der Waals surface area (Å²) in [4.78, 5) is 14.4. The van der Waals surface area contributed by atoms with Crippen LogP contribution >= 0.6 is 0 Å². The van der Waals surface area contributed by atoms with Crippen molar-refractivity contribution in [2.45, 2.75) is 52.2 Å². The molecular formula is C18H28N2O2. The number of amides is 1. The molecule has 0 radical (unpaired) electrons. The number of piperidine rings is 1. The number of rotatable bonds is 6. The summed E-state index contributed by atoms with van der Waals surface area (Å²) in [5.74, 6) is 0.210. The molecule has 0 aliphatic carbocycles. The zero-order valence-corrected chi connectivity index (χ0v) is 13.7. The van der Waals surface area contributed by atoms with Crippen LogP contribution in [0.5, 0.6) is 0 Å². The number of carbonyl (C=O) groups is 1. The van der Waals surface area contributed by atoms with Crippen LogP contribution in [0.3, 0.4) is 0 Å². The molecule has 1 aliphatic heterocycles. The van der Waals surface area contributed by atoms with Gasteiger partial charge in [-0.3, -0.25) is 9.69 Å². The van der Waals surface area contributed by atoms with E-state index in [2.05, 4.69) is 22.3 Å². The molecule has 1 saturated heterocycles. The van der Waals surface area contributed by atoms with Crippen molar-refractivity contribution in [2.75, 3.05) is 18.4 Å². The number of hydrogen-bond acceptors (Lipinski definition) is 3. The van der Waals surface area contributed by atoms with Gasteiger partial charge in [0.25, 0.3) is 0 Å². The first kappa shape index (κ1) is 17.0. The van der Waals surface area contributed by atoms with Crippen molar-refractivity contribution in [3.63, 3.8) is 0 Å². The first-order valence-electron chi connectivity index (χ1n) is 8.42. The number of aliphatic hydroxyl groups excluding tert-OH is 1. The van der Waals surface area contributed by atoms with Crippen molar-refractivity contribution in [1.29, 1.82) is 0 Å². The predicted molar refractivity (Wildman–Crippen MR) is 89.7 cm³/mol. The first-order chi connectivity index (χ1) is 10.6. The summed E-state index contributed by atoms with van der Waals surface area (Å²) in [6.07, 6.45) is 3.36. The monoisotopic (exact) mass is 304 g/mol. The molecule has 1 heterocycles. The summed E-state index contributed by atoms with van der Waals surface area (Å²) < 4.78 is 0. The molecule has 1 fully saturated rings. The standard InChI is InChI=1S/C18H28N2O2/c1-3-15(4-2)18(22)19-16-7-5-14(6-8-16)13-20-11-9-17(21)10-12-20/h5-8,15,17,21H,3-4,9-13H2,1-2H3,(H,19,22). The number of carbonyl (C=O) groups excluding carboxylic acids is 1. The van der Waals surface area contributed by atoms with E-state index < -0.39 is 0 Å². The third kappa shape index (κ3) is 4.82. The van der Waals surface area contributed by atoms with Crippen LogP contribution in [0.4, 0.5) is 5.69 Å². The van der Waals surface area contributed by atoms with Gasteiger partial charge in [-0.2, -0.15) is 0 Å². The van der Waals surface area contributed by atoms with Crippen molar-refractivity contribution in [3.8, 4) is 0 Å². The Morgan fingerprint density at radius 1 is 1.23 bits per heavy atom. The molecule has 1 aliphatic rings. The Bertz CT molecular complexity index is 460. The van der Waals surface area contributed by atoms with Gasteiger partial charge in [-0.1, -0.05) is 26.0 Å². The molecule has 4 heteroatoms. The molecule has 0 unspecified atom stereocenters. The van der Waals surface area contributed by atoms with E-state index >= 15 is 0 Å². The largest absolute Gasteiger partial charge is 0.393 e. The van der Waals surface area contributed by atoms with Crippen molar-refractivity contribution in [2.24, 2.45) is 5.92 Å². The highest BCUT2D eigenvalue weighted by atomic mass is 16.3. The molecule has 1 amide bonds. The number of nitrogens with one attached hydrogen (secondary N) is 1. The number of hydrogen-bond donors (Lipinski definition) is 2. The lowest BCUT2D eigenvalue weighted by atomic mass is 10.0. The van der Waals surface area contributed by atoms with Crippen LogP contribution in [0.25, 0.3) is 0 Å². The van der Waals surface area contributed by atoms with Gasteiger partial charge in [-0.15, -0.1) is 0 Å². The average molecular weight is 304 g/mol. The molecule has 0 atom stereocenters. The SMILES string of the molecule is CCC(CC)C(=O)Nc1ccc(CN2CCC(O)CC2)cc1. The van der Waals surface area contributed by atoms with Crippen LogP contribution in [0.15, 0.2) is 24.3 Å². The van der Waals surface area contributed by atoms with Crippen molar-refractivity contribution in [1.82, 2.24) is 4.90 Å². The molecular weight excluding hydrogens is 276 g/mol. The van der Waals surface area contributed by atoms with Gasteiger partial charge in [0.15, 0.2) is 0 Å². The van der Waals surface area contributed by atoms with E-state index in [-0.39, 0.29) is 17.9 Å². The third-order valence-electron chi connectivity index (χ3n) is 4.54. The highest BCUT2D eigenvalue weighted by Crippen LogP contribution is 2.17. The fraction of sp³-hybridized carbons (Fsp3) is 0.611. The summed E-state index contributed by atoms with van der Waals surface area (Å²) in [6.45, 7) is 6.91. The van der Waals surface area contributed by atoms with Gasteiger partial charge in [-0.05, 0) is 43.4 Å². The molecule has 0 aromatic heterocycles. The minimum absolute atomic E-state index is 0.0967. The summed E-state index contributed by atoms with van der Waals surface area (Å²) >= 11 is 0. The second-order valence-electron chi connectivity index (χ2n) is 6.21. The fourth-order valence-corrected chi connectivity index (χ4v) is 2.93. The Labute approximate surface area is 133 Å². The van der Waals surface area contributed by atoms with E-state index in [4.69, 9.17) is 0 Å². The van der Waals surface area contributed by atoms with Crippen molar-refractivity contribution >= 4 is 11.6 Å². The summed E-state index contributed by atoms with van der Waals surface area (Å²) in [5, 5.41) is 12.5. The molecule has 2 N–H and O–H groups in total. The highest BCUT2D eigenvalue weighted by molar-refractivity contribution is 5.92. The first-order valence-corrected chi connectivity index (χ1v) is 8.42. The second-order valence-corrected chi connectivity index (χ2v) is 6.21. The van der Waals surface area contributed by atoms with Gasteiger partial charge < -0.3 is 10.4 Å². The number of nitrogens with zero attached hydrogens (tertiary/aromatic N) is 1. The lowest BCUT2D eigenvalue weighted by Crippen LogP contribution is -2.35. The maximum atomic E-state index is 12.1. The smallest absolute Gasteiger partial charge is 0.227 e. The van der Waals surface area contributed by atoms with E-state index in [0.29, 0.717) is 0 Å². The van der Waals surface area contributed by atoms with Gasteiger partial charge in [0.2, 0.25) is 5.91 Å². The molecule has 1 aromatic rings. The van der Waals surface area contributed by atoms with Crippen LogP contribution < -0.4 is 5.32 Å². The van der Waals surface area contributed by atoms with E-state index in [9.17, 15) is 9.90 Å². The summed E-state index contributed by atoms with van der Waals surface area (Å²) in [5.41, 5.74) is 2.12. The number of likely N-dealkylation sites (tertiary alicyclic amines) is 1. The topological polar surface area (TPSA) is 52.6 Å². The molecule has 122 valence electrons. The van der Waals surface area contributed by atoms with Gasteiger partial charge in [0.1, 0.15) is 0 Å². The van der Waals surface area contributed by atoms with Crippen LogP contribution in [0.2, 0.25) is 0 Å². The van der Waals surface area contributed by atoms with E-state index in [1.807, 2.05) is 26.0 Å². The van der Waals surface area contributed by atoms with E-state index in [1.165, 1.54) is 5.56 Å². The Kier molecular flexibility index (Phi) is 6.40. The molecule has 4 nitrogen and oxygen atoms in total. The zero-order valence-electron chi connectivity index (χ0n) is 13.7. The predicted octanol–water partition coefficient (Wildman–Crippen LogP) is 3.02. The zero-order chi connectivity index (χ0) is 15.9. The lowest BCUT2D eigenvalue weighted by Gasteiger charge is -2.29. The Balaban J connectivity index is 1.86. The second kappa shape index (κ2) is 8.30. The van der Waals surface area contributed by atoms with Crippen molar-refractivity contribution < 1.29 is 9.90 Å². The van der Waals surface area contributed by atoms with Crippen LogP contribution in [0.1, 0.15) is 45.1 Å². The maximum Gasteiger partial charge on any atom is 0.227 e. The normalized spacial score (nSPS) is 16.9. The van der Waals surface area contributed by atoms with Crippen LogP contribution in [0, 0.1) is 5.92 Å². The van der Waals surface area contributed by atoms with Gasteiger partial charge in [-0.25, -0.2) is 0 Å². The van der Waals surface area contributed by atoms with E-state index in [1.54, 1.807) is 0 Å².